The second-order valence-corrected chi connectivity index (χ2v) is 5.39. The summed E-state index contributed by atoms with van der Waals surface area (Å²) in [6.07, 6.45) is 1.88. The smallest absolute Gasteiger partial charge is 0.225 e. The van der Waals surface area contributed by atoms with E-state index in [1.807, 2.05) is 38.1 Å². The molecule has 2 atom stereocenters. The molecule has 1 amide bonds. The van der Waals surface area contributed by atoms with E-state index in [-0.39, 0.29) is 24.6 Å². The summed E-state index contributed by atoms with van der Waals surface area (Å²) >= 11 is 0. The van der Waals surface area contributed by atoms with Crippen LogP contribution in [0.15, 0.2) is 47.1 Å². The second kappa shape index (κ2) is 7.77. The van der Waals surface area contributed by atoms with Gasteiger partial charge in [-0.1, -0.05) is 18.2 Å². The minimum atomic E-state index is -0.309. The molecule has 0 aliphatic carbocycles. The molecule has 1 aromatic carbocycles. The summed E-state index contributed by atoms with van der Waals surface area (Å²) in [4.78, 5) is 12.1. The van der Waals surface area contributed by atoms with E-state index in [4.69, 9.17) is 4.42 Å². The number of hydrogen-bond acceptors (Lipinski definition) is 4. The van der Waals surface area contributed by atoms with E-state index in [1.54, 1.807) is 18.4 Å². The standard InChI is InChI=1S/C17H22N2O3/c1-12-6-3-4-7-14(12)19-17(21)10-13(2)18-15(11-20)16-8-5-9-22-16/h3-9,13,15,18,20H,10-11H2,1-2H3,(H,19,21). The van der Waals surface area contributed by atoms with Crippen LogP contribution in [0, 0.1) is 6.92 Å². The van der Waals surface area contributed by atoms with Crippen LogP contribution in [0.5, 0.6) is 0 Å². The largest absolute Gasteiger partial charge is 0.468 e. The molecule has 2 unspecified atom stereocenters. The average molecular weight is 302 g/mol. The van der Waals surface area contributed by atoms with E-state index in [0.717, 1.165) is 11.3 Å². The zero-order chi connectivity index (χ0) is 15.9. The van der Waals surface area contributed by atoms with Crippen LogP contribution in [0.2, 0.25) is 0 Å². The molecule has 1 heterocycles. The highest BCUT2D eigenvalue weighted by Gasteiger charge is 2.18. The molecule has 0 bridgehead atoms. The van der Waals surface area contributed by atoms with Crippen LogP contribution in [-0.2, 0) is 4.79 Å². The van der Waals surface area contributed by atoms with Crippen LogP contribution >= 0.6 is 0 Å². The molecule has 5 heteroatoms. The summed E-state index contributed by atoms with van der Waals surface area (Å²) in [5.74, 6) is 0.596. The third kappa shape index (κ3) is 4.44. The van der Waals surface area contributed by atoms with Crippen LogP contribution in [-0.4, -0.2) is 23.7 Å². The Morgan fingerprint density at radius 1 is 1.27 bits per heavy atom. The van der Waals surface area contributed by atoms with Gasteiger partial charge in [0.05, 0.1) is 18.9 Å². The normalized spacial score (nSPS) is 13.6. The molecular weight excluding hydrogens is 280 g/mol. The molecule has 118 valence electrons. The van der Waals surface area contributed by atoms with Gasteiger partial charge in [0.15, 0.2) is 0 Å². The third-order valence-corrected chi connectivity index (χ3v) is 3.47. The number of benzene rings is 1. The van der Waals surface area contributed by atoms with Crippen molar-refractivity contribution in [1.29, 1.82) is 0 Å². The van der Waals surface area contributed by atoms with Crippen molar-refractivity contribution in [1.82, 2.24) is 5.32 Å². The average Bonchev–Trinajstić information content (AvgIpc) is 3.01. The minimum Gasteiger partial charge on any atom is -0.468 e. The Hall–Kier alpha value is -2.11. The molecule has 0 radical (unpaired) electrons. The van der Waals surface area contributed by atoms with Crippen molar-refractivity contribution >= 4 is 11.6 Å². The molecule has 5 nitrogen and oxygen atoms in total. The van der Waals surface area contributed by atoms with Gasteiger partial charge in [0, 0.05) is 18.2 Å². The summed E-state index contributed by atoms with van der Waals surface area (Å²) < 4.78 is 5.28. The van der Waals surface area contributed by atoms with Crippen LogP contribution < -0.4 is 10.6 Å². The number of nitrogens with one attached hydrogen (secondary N) is 2. The summed E-state index contributed by atoms with van der Waals surface area (Å²) in [6.45, 7) is 3.77. The fraction of sp³-hybridized carbons (Fsp3) is 0.353. The first kappa shape index (κ1) is 16.3. The van der Waals surface area contributed by atoms with Gasteiger partial charge in [0.1, 0.15) is 5.76 Å². The van der Waals surface area contributed by atoms with E-state index in [2.05, 4.69) is 10.6 Å². The highest BCUT2D eigenvalue weighted by atomic mass is 16.3. The Kier molecular flexibility index (Phi) is 5.75. The maximum absolute atomic E-state index is 12.1. The molecule has 1 aromatic heterocycles. The number of aliphatic hydroxyl groups excluding tert-OH is 1. The molecular formula is C17H22N2O3. The minimum absolute atomic E-state index is 0.0644. The topological polar surface area (TPSA) is 74.5 Å². The predicted octanol–water partition coefficient (Wildman–Crippen LogP) is 2.63. The second-order valence-electron chi connectivity index (χ2n) is 5.39. The third-order valence-electron chi connectivity index (χ3n) is 3.47. The number of rotatable bonds is 7. The Morgan fingerprint density at radius 2 is 2.05 bits per heavy atom. The van der Waals surface area contributed by atoms with Gasteiger partial charge in [-0.25, -0.2) is 0 Å². The lowest BCUT2D eigenvalue weighted by Gasteiger charge is -2.20. The molecule has 2 rings (SSSR count). The number of para-hydroxylation sites is 1. The van der Waals surface area contributed by atoms with Gasteiger partial charge in [-0.2, -0.15) is 0 Å². The highest BCUT2D eigenvalue weighted by molar-refractivity contribution is 5.91. The highest BCUT2D eigenvalue weighted by Crippen LogP contribution is 2.16. The fourth-order valence-electron chi connectivity index (χ4n) is 2.31. The number of aryl methyl sites for hydroxylation is 1. The number of hydrogen-bond donors (Lipinski definition) is 3. The first-order valence-corrected chi connectivity index (χ1v) is 7.36. The Balaban J connectivity index is 1.87. The van der Waals surface area contributed by atoms with Gasteiger partial charge in [0.25, 0.3) is 0 Å². The maximum Gasteiger partial charge on any atom is 0.225 e. The van der Waals surface area contributed by atoms with E-state index < -0.39 is 0 Å². The number of anilines is 1. The van der Waals surface area contributed by atoms with Crippen molar-refractivity contribution in [2.24, 2.45) is 0 Å². The molecule has 0 spiro atoms. The van der Waals surface area contributed by atoms with Crippen molar-refractivity contribution in [3.8, 4) is 0 Å². The Bertz CT molecular complexity index is 596. The molecule has 0 aliphatic rings. The predicted molar refractivity (Wildman–Crippen MR) is 85.6 cm³/mol. The van der Waals surface area contributed by atoms with Crippen molar-refractivity contribution < 1.29 is 14.3 Å². The number of carbonyl (C=O) groups excluding carboxylic acids is 1. The zero-order valence-corrected chi connectivity index (χ0v) is 12.9. The van der Waals surface area contributed by atoms with Crippen LogP contribution in [0.1, 0.15) is 30.7 Å². The molecule has 0 saturated heterocycles. The Morgan fingerprint density at radius 3 is 2.68 bits per heavy atom. The molecule has 22 heavy (non-hydrogen) atoms. The SMILES string of the molecule is Cc1ccccc1NC(=O)CC(C)NC(CO)c1ccco1. The maximum atomic E-state index is 12.1. The molecule has 0 saturated carbocycles. The van der Waals surface area contributed by atoms with Crippen molar-refractivity contribution in [2.75, 3.05) is 11.9 Å². The lowest BCUT2D eigenvalue weighted by atomic mass is 10.1. The monoisotopic (exact) mass is 302 g/mol. The molecule has 2 aromatic rings. The molecule has 0 aliphatic heterocycles. The summed E-state index contributed by atoms with van der Waals surface area (Å²) in [7, 11) is 0. The number of aliphatic hydroxyl groups is 1. The first-order chi connectivity index (χ1) is 10.6. The van der Waals surface area contributed by atoms with Crippen LogP contribution in [0.25, 0.3) is 0 Å². The number of furan rings is 1. The Labute approximate surface area is 130 Å². The van der Waals surface area contributed by atoms with Gasteiger partial charge >= 0.3 is 0 Å². The summed E-state index contributed by atoms with van der Waals surface area (Å²) in [5, 5.41) is 15.5. The number of carbonyl (C=O) groups is 1. The number of amides is 1. The van der Waals surface area contributed by atoms with Crippen molar-refractivity contribution in [2.45, 2.75) is 32.4 Å². The summed E-state index contributed by atoms with van der Waals surface area (Å²) in [6, 6.07) is 10.8. The van der Waals surface area contributed by atoms with Crippen LogP contribution in [0.4, 0.5) is 5.69 Å². The summed E-state index contributed by atoms with van der Waals surface area (Å²) in [5.41, 5.74) is 1.85. The van der Waals surface area contributed by atoms with E-state index in [0.29, 0.717) is 12.2 Å². The quantitative estimate of drug-likeness (QED) is 0.735. The van der Waals surface area contributed by atoms with Gasteiger partial charge in [-0.15, -0.1) is 0 Å². The fourth-order valence-corrected chi connectivity index (χ4v) is 2.31. The van der Waals surface area contributed by atoms with E-state index in [1.165, 1.54) is 0 Å². The van der Waals surface area contributed by atoms with Gasteiger partial charge < -0.3 is 20.2 Å². The lowest BCUT2D eigenvalue weighted by Crippen LogP contribution is -2.35. The molecule has 0 fully saturated rings. The van der Waals surface area contributed by atoms with Crippen LogP contribution in [0.3, 0.4) is 0 Å². The lowest BCUT2D eigenvalue weighted by molar-refractivity contribution is -0.116. The first-order valence-electron chi connectivity index (χ1n) is 7.36. The van der Waals surface area contributed by atoms with E-state index >= 15 is 0 Å². The van der Waals surface area contributed by atoms with Gasteiger partial charge in [0.2, 0.25) is 5.91 Å². The van der Waals surface area contributed by atoms with Gasteiger partial charge in [-0.3, -0.25) is 4.79 Å². The van der Waals surface area contributed by atoms with Gasteiger partial charge in [-0.05, 0) is 37.6 Å². The van der Waals surface area contributed by atoms with Crippen molar-refractivity contribution in [3.63, 3.8) is 0 Å². The zero-order valence-electron chi connectivity index (χ0n) is 12.9. The van der Waals surface area contributed by atoms with Crippen molar-refractivity contribution in [3.05, 3.63) is 54.0 Å². The van der Waals surface area contributed by atoms with E-state index in [9.17, 15) is 9.90 Å². The molecule has 3 N–H and O–H groups in total.